The van der Waals surface area contributed by atoms with Crippen molar-refractivity contribution >= 4 is 11.3 Å². The summed E-state index contributed by atoms with van der Waals surface area (Å²) in [5.41, 5.74) is 1.34. The van der Waals surface area contributed by atoms with E-state index in [9.17, 15) is 0 Å². The molecule has 0 atom stereocenters. The zero-order valence-corrected chi connectivity index (χ0v) is 7.69. The summed E-state index contributed by atoms with van der Waals surface area (Å²) in [6.07, 6.45) is 0. The molecule has 11 heavy (non-hydrogen) atoms. The van der Waals surface area contributed by atoms with Crippen LogP contribution in [-0.4, -0.2) is 0 Å². The molecule has 1 heteroatoms. The van der Waals surface area contributed by atoms with Crippen LogP contribution in [0.2, 0.25) is 0 Å². The second kappa shape index (κ2) is 4.14. The van der Waals surface area contributed by atoms with E-state index in [1.54, 1.807) is 11.3 Å². The van der Waals surface area contributed by atoms with Gasteiger partial charge in [-0.1, -0.05) is 30.3 Å². The minimum atomic E-state index is 1.34. The van der Waals surface area contributed by atoms with Crippen LogP contribution >= 0.6 is 11.3 Å². The second-order valence-electron chi connectivity index (χ2n) is 2.43. The standard InChI is InChI=1S/C10H12S/c1-9-7-5-3-4-6-8-11-10(9)2/h3-8H,1-2H3. The molecule has 0 radical (unpaired) electrons. The van der Waals surface area contributed by atoms with Crippen molar-refractivity contribution in [3.05, 3.63) is 46.2 Å². The quantitative estimate of drug-likeness (QED) is 0.550. The van der Waals surface area contributed by atoms with Crippen LogP contribution in [0.1, 0.15) is 10.4 Å². The zero-order valence-electron chi connectivity index (χ0n) is 6.87. The summed E-state index contributed by atoms with van der Waals surface area (Å²) in [5.74, 6) is 0. The summed E-state index contributed by atoms with van der Waals surface area (Å²) < 4.78 is 0. The van der Waals surface area contributed by atoms with E-state index in [1.807, 2.05) is 12.1 Å². The van der Waals surface area contributed by atoms with Crippen molar-refractivity contribution in [3.8, 4) is 0 Å². The summed E-state index contributed by atoms with van der Waals surface area (Å²) >= 11 is 1.77. The Morgan fingerprint density at radius 2 is 1.73 bits per heavy atom. The molecule has 0 bridgehead atoms. The van der Waals surface area contributed by atoms with Crippen molar-refractivity contribution in [1.29, 1.82) is 0 Å². The van der Waals surface area contributed by atoms with Gasteiger partial charge in [-0.2, -0.15) is 0 Å². The van der Waals surface area contributed by atoms with Crippen molar-refractivity contribution in [2.45, 2.75) is 13.8 Å². The predicted octanol–water partition coefficient (Wildman–Crippen LogP) is 3.49. The normalized spacial score (nSPS) is 8.91. The maximum absolute atomic E-state index is 2.14. The van der Waals surface area contributed by atoms with Gasteiger partial charge in [-0.25, -0.2) is 0 Å². The van der Waals surface area contributed by atoms with Gasteiger partial charge in [0.2, 0.25) is 0 Å². The number of hydrogen-bond donors (Lipinski definition) is 0. The highest BCUT2D eigenvalue weighted by atomic mass is 32.1. The Hall–Kier alpha value is -0.820. The number of rotatable bonds is 0. The highest BCUT2D eigenvalue weighted by Gasteiger charge is 1.82. The molecule has 58 valence electrons. The van der Waals surface area contributed by atoms with Gasteiger partial charge >= 0.3 is 0 Å². The molecule has 0 fully saturated rings. The molecule has 1 aromatic rings. The minimum absolute atomic E-state index is 1.34. The van der Waals surface area contributed by atoms with E-state index in [1.165, 1.54) is 10.4 Å². The Bertz CT molecular complexity index is 245. The average molecular weight is 164 g/mol. The topological polar surface area (TPSA) is 0 Å². The molecule has 0 aromatic carbocycles. The molecular weight excluding hydrogens is 152 g/mol. The van der Waals surface area contributed by atoms with Crippen molar-refractivity contribution < 1.29 is 0 Å². The molecule has 0 spiro atoms. The van der Waals surface area contributed by atoms with Gasteiger partial charge in [0.25, 0.3) is 0 Å². The first-order valence-corrected chi connectivity index (χ1v) is 4.52. The van der Waals surface area contributed by atoms with Gasteiger partial charge in [0, 0.05) is 4.88 Å². The van der Waals surface area contributed by atoms with Crippen LogP contribution in [0.3, 0.4) is 0 Å². The molecule has 1 rings (SSSR count). The van der Waals surface area contributed by atoms with Crippen LogP contribution in [0, 0.1) is 13.8 Å². The third kappa shape index (κ3) is 2.72. The fourth-order valence-electron chi connectivity index (χ4n) is 0.725. The summed E-state index contributed by atoms with van der Waals surface area (Å²) in [4.78, 5) is 1.36. The van der Waals surface area contributed by atoms with Crippen molar-refractivity contribution in [2.24, 2.45) is 0 Å². The fraction of sp³-hybridized carbons (Fsp3) is 0.200. The van der Waals surface area contributed by atoms with E-state index in [0.29, 0.717) is 0 Å². The molecule has 0 nitrogen and oxygen atoms in total. The minimum Gasteiger partial charge on any atom is -0.149 e. The van der Waals surface area contributed by atoms with Gasteiger partial charge in [0.05, 0.1) is 0 Å². The summed E-state index contributed by atoms with van der Waals surface area (Å²) in [5, 5.41) is 2.10. The van der Waals surface area contributed by atoms with Crippen LogP contribution < -0.4 is 0 Å². The number of aryl methyl sites for hydroxylation is 2. The average Bonchev–Trinajstić information content (AvgIpc) is 2.07. The Kier molecular flexibility index (Phi) is 3.12. The van der Waals surface area contributed by atoms with Gasteiger partial charge in [-0.15, -0.1) is 11.3 Å². The Morgan fingerprint density at radius 3 is 2.55 bits per heavy atom. The van der Waals surface area contributed by atoms with Crippen LogP contribution in [-0.2, 0) is 0 Å². The molecule has 0 unspecified atom stereocenters. The molecule has 0 saturated heterocycles. The lowest BCUT2D eigenvalue weighted by atomic mass is 10.3. The van der Waals surface area contributed by atoms with E-state index in [2.05, 4.69) is 37.4 Å². The third-order valence-electron chi connectivity index (χ3n) is 1.56. The van der Waals surface area contributed by atoms with Crippen LogP contribution in [0.25, 0.3) is 0 Å². The molecule has 1 aromatic heterocycles. The van der Waals surface area contributed by atoms with E-state index in [0.717, 1.165) is 0 Å². The van der Waals surface area contributed by atoms with Crippen molar-refractivity contribution in [2.75, 3.05) is 0 Å². The van der Waals surface area contributed by atoms with Crippen LogP contribution in [0.15, 0.2) is 35.7 Å². The first kappa shape index (κ1) is 8.28. The maximum Gasteiger partial charge on any atom is 0.00430 e. The van der Waals surface area contributed by atoms with E-state index < -0.39 is 0 Å². The zero-order chi connectivity index (χ0) is 8.10. The molecule has 0 aliphatic rings. The predicted molar refractivity (Wildman–Crippen MR) is 51.4 cm³/mol. The van der Waals surface area contributed by atoms with Gasteiger partial charge in [0.15, 0.2) is 0 Å². The lowest BCUT2D eigenvalue weighted by Crippen LogP contribution is -1.67. The molecule has 0 aliphatic heterocycles. The van der Waals surface area contributed by atoms with Crippen molar-refractivity contribution in [3.63, 3.8) is 0 Å². The SMILES string of the molecule is Cc1ccccccsc1C. The maximum atomic E-state index is 2.14. The van der Waals surface area contributed by atoms with E-state index in [-0.39, 0.29) is 0 Å². The summed E-state index contributed by atoms with van der Waals surface area (Å²) in [6.45, 7) is 4.27. The first-order valence-electron chi connectivity index (χ1n) is 3.65. The Balaban J connectivity index is 3.28. The van der Waals surface area contributed by atoms with Crippen LogP contribution in [0.5, 0.6) is 0 Å². The van der Waals surface area contributed by atoms with Gasteiger partial charge < -0.3 is 0 Å². The molecule has 0 saturated carbocycles. The Labute approximate surface area is 71.8 Å². The Morgan fingerprint density at radius 1 is 1.00 bits per heavy atom. The number of hydrogen-bond acceptors (Lipinski definition) is 1. The lowest BCUT2D eigenvalue weighted by Gasteiger charge is -1.88. The summed E-state index contributed by atoms with van der Waals surface area (Å²) in [7, 11) is 0. The highest BCUT2D eigenvalue weighted by Crippen LogP contribution is 2.06. The molecule has 0 N–H and O–H groups in total. The van der Waals surface area contributed by atoms with E-state index in [4.69, 9.17) is 0 Å². The summed E-state index contributed by atoms with van der Waals surface area (Å²) in [6, 6.07) is 10.3. The van der Waals surface area contributed by atoms with Gasteiger partial charge in [0.1, 0.15) is 0 Å². The van der Waals surface area contributed by atoms with Crippen molar-refractivity contribution in [1.82, 2.24) is 0 Å². The first-order chi connectivity index (χ1) is 5.30. The second-order valence-corrected chi connectivity index (χ2v) is 3.55. The largest absolute Gasteiger partial charge is 0.149 e. The van der Waals surface area contributed by atoms with E-state index >= 15 is 0 Å². The monoisotopic (exact) mass is 164 g/mol. The lowest BCUT2D eigenvalue weighted by molar-refractivity contribution is 1.42. The van der Waals surface area contributed by atoms with Gasteiger partial charge in [-0.05, 0) is 24.8 Å². The smallest absolute Gasteiger partial charge is 0.00430 e. The van der Waals surface area contributed by atoms with Crippen LogP contribution in [0.4, 0.5) is 0 Å². The molecule has 0 aliphatic carbocycles. The van der Waals surface area contributed by atoms with Gasteiger partial charge in [-0.3, -0.25) is 0 Å². The molecule has 0 amide bonds. The third-order valence-corrected chi connectivity index (χ3v) is 2.53. The molecule has 1 heterocycles. The molecular formula is C10H12S. The highest BCUT2D eigenvalue weighted by molar-refractivity contribution is 7.09. The fourth-order valence-corrected chi connectivity index (χ4v) is 1.35.